The zero-order chi connectivity index (χ0) is 26.8. The molecule has 2 aromatic carbocycles. The molecular formula is C26H26F3N7O2. The van der Waals surface area contributed by atoms with Crippen LogP contribution in [0.1, 0.15) is 29.5 Å². The molecule has 0 spiro atoms. The van der Waals surface area contributed by atoms with Crippen molar-refractivity contribution in [3.8, 4) is 22.9 Å². The molecule has 9 nitrogen and oxygen atoms in total. The predicted molar refractivity (Wildman–Crippen MR) is 133 cm³/mol. The lowest BCUT2D eigenvalue weighted by atomic mass is 10.0. The zero-order valence-electron chi connectivity index (χ0n) is 20.5. The van der Waals surface area contributed by atoms with Crippen LogP contribution in [0.3, 0.4) is 0 Å². The number of nitrogens with zero attached hydrogens (tertiary/aromatic N) is 5. The summed E-state index contributed by atoms with van der Waals surface area (Å²) in [7, 11) is 0. The molecule has 2 heterocycles. The van der Waals surface area contributed by atoms with Crippen LogP contribution in [-0.4, -0.2) is 52.0 Å². The summed E-state index contributed by atoms with van der Waals surface area (Å²) in [6.45, 7) is 2.17. The Kier molecular flexibility index (Phi) is 9.18. The van der Waals surface area contributed by atoms with Gasteiger partial charge in [0.15, 0.2) is 5.52 Å². The third-order valence-corrected chi connectivity index (χ3v) is 5.67. The van der Waals surface area contributed by atoms with Crippen LogP contribution in [0.2, 0.25) is 0 Å². The highest BCUT2D eigenvalue weighted by atomic mass is 19.4. The van der Waals surface area contributed by atoms with Crippen molar-refractivity contribution in [2.75, 3.05) is 26.4 Å². The summed E-state index contributed by atoms with van der Waals surface area (Å²) in [6, 6.07) is 11.3. The maximum absolute atomic E-state index is 13.1. The van der Waals surface area contributed by atoms with Crippen LogP contribution >= 0.6 is 0 Å². The minimum Gasteiger partial charge on any atom is -0.489 e. The summed E-state index contributed by atoms with van der Waals surface area (Å²) in [6.07, 6.45) is 0.357. The highest BCUT2D eigenvalue weighted by Crippen LogP contribution is 2.31. The molecule has 4 aromatic rings. The molecule has 38 heavy (non-hydrogen) atoms. The van der Waals surface area contributed by atoms with Crippen molar-refractivity contribution in [2.24, 2.45) is 0 Å². The highest BCUT2D eigenvalue weighted by Gasteiger charge is 2.31. The van der Waals surface area contributed by atoms with Gasteiger partial charge < -0.3 is 14.8 Å². The number of rotatable bonds is 13. The second kappa shape index (κ2) is 12.9. The van der Waals surface area contributed by atoms with Gasteiger partial charge in [-0.2, -0.15) is 44.0 Å². The van der Waals surface area contributed by atoms with Crippen molar-refractivity contribution >= 4 is 11.0 Å². The fraction of sp³-hybridized carbons (Fsp3) is 0.346. The molecule has 4 rings (SSSR count). The Hall–Kier alpha value is -4.08. The number of fused-ring (bicyclic) bond motifs is 1. The fourth-order valence-electron chi connectivity index (χ4n) is 3.88. The van der Waals surface area contributed by atoms with E-state index in [-0.39, 0.29) is 6.42 Å². The van der Waals surface area contributed by atoms with Gasteiger partial charge in [-0.3, -0.25) is 0 Å². The maximum atomic E-state index is 13.1. The zero-order valence-corrected chi connectivity index (χ0v) is 20.5. The Bertz CT molecular complexity index is 1370. The van der Waals surface area contributed by atoms with Gasteiger partial charge in [-0.05, 0) is 66.4 Å². The van der Waals surface area contributed by atoms with Gasteiger partial charge in [0, 0.05) is 18.7 Å². The molecule has 0 radical (unpaired) electrons. The van der Waals surface area contributed by atoms with E-state index in [1.807, 2.05) is 24.3 Å². The highest BCUT2D eigenvalue weighted by molar-refractivity contribution is 5.86. The summed E-state index contributed by atoms with van der Waals surface area (Å²) >= 11 is 0. The van der Waals surface area contributed by atoms with Crippen LogP contribution in [0.4, 0.5) is 13.2 Å². The Balaban J connectivity index is 1.15. The monoisotopic (exact) mass is 525 g/mol. The number of halogens is 3. The van der Waals surface area contributed by atoms with E-state index in [0.717, 1.165) is 36.1 Å². The Labute approximate surface area is 217 Å². The number of ether oxygens (including phenoxy) is 2. The van der Waals surface area contributed by atoms with Gasteiger partial charge in [0.1, 0.15) is 17.9 Å². The first-order valence-corrected chi connectivity index (χ1v) is 12.0. The number of aromatic amines is 1. The molecule has 0 bridgehead atoms. The van der Waals surface area contributed by atoms with Crippen LogP contribution in [0.15, 0.2) is 48.8 Å². The van der Waals surface area contributed by atoms with Crippen LogP contribution in [-0.2, 0) is 23.9 Å². The molecule has 0 aliphatic heterocycles. The molecule has 0 amide bonds. The van der Waals surface area contributed by atoms with Gasteiger partial charge in [0.25, 0.3) is 0 Å². The third kappa shape index (κ3) is 7.47. The maximum Gasteiger partial charge on any atom is 0.416 e. The standard InChI is InChI=1S/C26H26F3N7O2/c27-26(28,29)22-12-18(3-5-30)11-19(13-22)16-31-6-1-2-8-37-9-10-38-24-15-21(20-4-7-32-33-17-20)14-23-25(24)35-36-34-23/h4,7,11-15,17,31H,1-3,6,8-10,16H2,(H,34,35,36). The molecule has 198 valence electrons. The second-order valence-corrected chi connectivity index (χ2v) is 8.51. The van der Waals surface area contributed by atoms with E-state index in [2.05, 4.69) is 30.9 Å². The number of alkyl halides is 3. The second-order valence-electron chi connectivity index (χ2n) is 8.51. The normalized spacial score (nSPS) is 11.5. The number of unbranched alkanes of at least 4 members (excludes halogenated alkanes) is 1. The summed E-state index contributed by atoms with van der Waals surface area (Å²) in [5.74, 6) is 0.586. The SMILES string of the molecule is N#CCc1cc(CNCCCCOCCOc2cc(-c3ccnnc3)cc3n[nH]nc23)cc(C(F)(F)F)c1. The smallest absolute Gasteiger partial charge is 0.416 e. The van der Waals surface area contributed by atoms with Gasteiger partial charge in [0.05, 0.1) is 37.1 Å². The average Bonchev–Trinajstić information content (AvgIpc) is 3.39. The van der Waals surface area contributed by atoms with E-state index in [1.165, 1.54) is 0 Å². The van der Waals surface area contributed by atoms with Crippen LogP contribution in [0.25, 0.3) is 22.2 Å². The summed E-state index contributed by atoms with van der Waals surface area (Å²) in [5, 5.41) is 30.6. The lowest BCUT2D eigenvalue weighted by Gasteiger charge is -2.12. The molecular weight excluding hydrogens is 499 g/mol. The molecule has 2 N–H and O–H groups in total. The first kappa shape index (κ1) is 27.0. The molecule has 0 saturated carbocycles. The van der Waals surface area contributed by atoms with Crippen molar-refractivity contribution < 1.29 is 22.6 Å². The number of hydrogen-bond donors (Lipinski definition) is 2. The van der Waals surface area contributed by atoms with E-state index in [4.69, 9.17) is 14.7 Å². The molecule has 0 aliphatic carbocycles. The van der Waals surface area contributed by atoms with E-state index in [1.54, 1.807) is 18.5 Å². The van der Waals surface area contributed by atoms with E-state index in [9.17, 15) is 13.2 Å². The molecule has 0 saturated heterocycles. The largest absolute Gasteiger partial charge is 0.489 e. The van der Waals surface area contributed by atoms with Gasteiger partial charge in [0.2, 0.25) is 0 Å². The summed E-state index contributed by atoms with van der Waals surface area (Å²) < 4.78 is 50.9. The quantitative estimate of drug-likeness (QED) is 0.245. The van der Waals surface area contributed by atoms with Crippen molar-refractivity contribution in [3.63, 3.8) is 0 Å². The van der Waals surface area contributed by atoms with E-state index in [0.29, 0.717) is 60.8 Å². The third-order valence-electron chi connectivity index (χ3n) is 5.67. The minimum absolute atomic E-state index is 0.0604. The lowest BCUT2D eigenvalue weighted by Crippen LogP contribution is -2.16. The van der Waals surface area contributed by atoms with Crippen LogP contribution in [0, 0.1) is 11.3 Å². The Morgan fingerprint density at radius 2 is 1.82 bits per heavy atom. The average molecular weight is 526 g/mol. The number of nitrogens with one attached hydrogen (secondary N) is 2. The molecule has 0 atom stereocenters. The molecule has 12 heteroatoms. The molecule has 0 fully saturated rings. The van der Waals surface area contributed by atoms with Crippen molar-refractivity contribution in [2.45, 2.75) is 32.0 Å². The van der Waals surface area contributed by atoms with E-state index >= 15 is 0 Å². The molecule has 0 aliphatic rings. The number of nitriles is 1. The first-order chi connectivity index (χ1) is 18.4. The number of aromatic nitrogens is 5. The Morgan fingerprint density at radius 1 is 0.947 bits per heavy atom. The first-order valence-electron chi connectivity index (χ1n) is 12.0. The molecule has 2 aromatic heterocycles. The van der Waals surface area contributed by atoms with Gasteiger partial charge in [-0.15, -0.1) is 0 Å². The minimum atomic E-state index is -4.44. The van der Waals surface area contributed by atoms with Crippen LogP contribution < -0.4 is 10.1 Å². The van der Waals surface area contributed by atoms with Gasteiger partial charge in [-0.25, -0.2) is 0 Å². The molecule has 0 unspecified atom stereocenters. The van der Waals surface area contributed by atoms with Crippen molar-refractivity contribution in [3.05, 3.63) is 65.5 Å². The van der Waals surface area contributed by atoms with Crippen LogP contribution in [0.5, 0.6) is 5.75 Å². The lowest BCUT2D eigenvalue weighted by molar-refractivity contribution is -0.137. The summed E-state index contributed by atoms with van der Waals surface area (Å²) in [5.41, 5.74) is 3.20. The van der Waals surface area contributed by atoms with Crippen molar-refractivity contribution in [1.29, 1.82) is 5.26 Å². The number of benzene rings is 2. The number of H-pyrrole nitrogens is 1. The topological polar surface area (TPSA) is 122 Å². The predicted octanol–water partition coefficient (Wildman–Crippen LogP) is 4.47. The van der Waals surface area contributed by atoms with E-state index < -0.39 is 11.7 Å². The van der Waals surface area contributed by atoms with Gasteiger partial charge >= 0.3 is 6.18 Å². The fourth-order valence-corrected chi connectivity index (χ4v) is 3.88. The summed E-state index contributed by atoms with van der Waals surface area (Å²) in [4.78, 5) is 0. The van der Waals surface area contributed by atoms with Crippen molar-refractivity contribution in [1.82, 2.24) is 30.9 Å². The van der Waals surface area contributed by atoms with Gasteiger partial charge in [-0.1, -0.05) is 6.07 Å². The number of hydrogen-bond acceptors (Lipinski definition) is 8. The Morgan fingerprint density at radius 3 is 2.61 bits per heavy atom.